The Labute approximate surface area is 78.8 Å². The Hall–Kier alpha value is -0.610. The SMILES string of the molecule is CC1CCC(CNC(=O)C(C)N)O1. The highest BCUT2D eigenvalue weighted by atomic mass is 16.5. The molecule has 13 heavy (non-hydrogen) atoms. The number of hydrogen-bond acceptors (Lipinski definition) is 3. The maximum atomic E-state index is 11.1. The number of carbonyl (C=O) groups excluding carboxylic acids is 1. The van der Waals surface area contributed by atoms with Gasteiger partial charge in [0.15, 0.2) is 0 Å². The molecule has 0 spiro atoms. The second-order valence-corrected chi connectivity index (χ2v) is 3.68. The van der Waals surface area contributed by atoms with Crippen molar-refractivity contribution in [1.82, 2.24) is 5.32 Å². The van der Waals surface area contributed by atoms with Gasteiger partial charge in [0.1, 0.15) is 0 Å². The molecule has 1 amide bonds. The molecule has 0 aromatic heterocycles. The molecule has 1 fully saturated rings. The molecule has 0 aromatic rings. The Morgan fingerprint density at radius 3 is 2.85 bits per heavy atom. The lowest BCUT2D eigenvalue weighted by Gasteiger charge is -2.13. The van der Waals surface area contributed by atoms with Crippen LogP contribution in [0.15, 0.2) is 0 Å². The zero-order chi connectivity index (χ0) is 9.84. The van der Waals surface area contributed by atoms with Crippen LogP contribution in [0.4, 0.5) is 0 Å². The monoisotopic (exact) mass is 186 g/mol. The first-order valence-corrected chi connectivity index (χ1v) is 4.78. The maximum absolute atomic E-state index is 11.1. The van der Waals surface area contributed by atoms with Crippen LogP contribution >= 0.6 is 0 Å². The van der Waals surface area contributed by atoms with Gasteiger partial charge in [0.05, 0.1) is 18.2 Å². The second kappa shape index (κ2) is 4.58. The highest BCUT2D eigenvalue weighted by Gasteiger charge is 2.22. The predicted octanol–water partition coefficient (Wildman–Crippen LogP) is 0.0173. The van der Waals surface area contributed by atoms with Crippen molar-refractivity contribution >= 4 is 5.91 Å². The highest BCUT2D eigenvalue weighted by molar-refractivity contribution is 5.80. The lowest BCUT2D eigenvalue weighted by atomic mass is 10.2. The largest absolute Gasteiger partial charge is 0.373 e. The molecule has 0 bridgehead atoms. The first-order valence-electron chi connectivity index (χ1n) is 4.78. The number of nitrogens with two attached hydrogens (primary N) is 1. The molecule has 3 unspecified atom stereocenters. The van der Waals surface area contributed by atoms with E-state index in [1.165, 1.54) is 0 Å². The number of carbonyl (C=O) groups is 1. The van der Waals surface area contributed by atoms with E-state index in [9.17, 15) is 4.79 Å². The lowest BCUT2D eigenvalue weighted by molar-refractivity contribution is -0.122. The van der Waals surface area contributed by atoms with Gasteiger partial charge >= 0.3 is 0 Å². The Balaban J connectivity index is 2.16. The molecule has 0 aromatic carbocycles. The minimum absolute atomic E-state index is 0.108. The zero-order valence-corrected chi connectivity index (χ0v) is 8.25. The number of rotatable bonds is 3. The van der Waals surface area contributed by atoms with Gasteiger partial charge in [-0.2, -0.15) is 0 Å². The highest BCUT2D eigenvalue weighted by Crippen LogP contribution is 2.17. The molecule has 1 heterocycles. The summed E-state index contributed by atoms with van der Waals surface area (Å²) in [5, 5.41) is 2.76. The Bertz CT molecular complexity index is 182. The topological polar surface area (TPSA) is 64.4 Å². The van der Waals surface area contributed by atoms with Crippen molar-refractivity contribution < 1.29 is 9.53 Å². The van der Waals surface area contributed by atoms with Gasteiger partial charge in [-0.05, 0) is 26.7 Å². The number of nitrogens with one attached hydrogen (secondary N) is 1. The van der Waals surface area contributed by atoms with Crippen LogP contribution in [0.1, 0.15) is 26.7 Å². The summed E-state index contributed by atoms with van der Waals surface area (Å²) in [5.74, 6) is -0.108. The van der Waals surface area contributed by atoms with E-state index in [0.717, 1.165) is 12.8 Å². The van der Waals surface area contributed by atoms with Crippen LogP contribution in [-0.2, 0) is 9.53 Å². The van der Waals surface area contributed by atoms with E-state index in [1.807, 2.05) is 6.92 Å². The molecule has 1 rings (SSSR count). The fourth-order valence-corrected chi connectivity index (χ4v) is 1.41. The van der Waals surface area contributed by atoms with E-state index in [0.29, 0.717) is 12.6 Å². The van der Waals surface area contributed by atoms with Crippen LogP contribution in [0.25, 0.3) is 0 Å². The van der Waals surface area contributed by atoms with E-state index < -0.39 is 6.04 Å². The average molecular weight is 186 g/mol. The summed E-state index contributed by atoms with van der Waals surface area (Å²) in [7, 11) is 0. The van der Waals surface area contributed by atoms with Crippen LogP contribution in [0.2, 0.25) is 0 Å². The fourth-order valence-electron chi connectivity index (χ4n) is 1.41. The molecule has 1 saturated heterocycles. The molecule has 4 nitrogen and oxygen atoms in total. The van der Waals surface area contributed by atoms with Crippen molar-refractivity contribution in [2.75, 3.05) is 6.54 Å². The lowest BCUT2D eigenvalue weighted by Crippen LogP contribution is -2.41. The third-order valence-corrected chi connectivity index (χ3v) is 2.24. The van der Waals surface area contributed by atoms with Gasteiger partial charge in [0.2, 0.25) is 5.91 Å². The van der Waals surface area contributed by atoms with Gasteiger partial charge in [-0.25, -0.2) is 0 Å². The summed E-state index contributed by atoms with van der Waals surface area (Å²) in [5.41, 5.74) is 5.40. The number of ether oxygens (including phenoxy) is 1. The van der Waals surface area contributed by atoms with E-state index in [4.69, 9.17) is 10.5 Å². The summed E-state index contributed by atoms with van der Waals surface area (Å²) in [6, 6.07) is -0.432. The molecule has 3 atom stereocenters. The van der Waals surface area contributed by atoms with Crippen molar-refractivity contribution in [1.29, 1.82) is 0 Å². The molecular weight excluding hydrogens is 168 g/mol. The van der Waals surface area contributed by atoms with Gasteiger partial charge < -0.3 is 15.8 Å². The van der Waals surface area contributed by atoms with Crippen LogP contribution in [0.3, 0.4) is 0 Å². The summed E-state index contributed by atoms with van der Waals surface area (Å²) in [6.45, 7) is 4.31. The quantitative estimate of drug-likeness (QED) is 0.653. The minimum atomic E-state index is -0.432. The van der Waals surface area contributed by atoms with E-state index >= 15 is 0 Å². The fraction of sp³-hybridized carbons (Fsp3) is 0.889. The summed E-state index contributed by atoms with van der Waals surface area (Å²) < 4.78 is 5.54. The Morgan fingerprint density at radius 1 is 1.69 bits per heavy atom. The molecule has 0 saturated carbocycles. The molecule has 4 heteroatoms. The zero-order valence-electron chi connectivity index (χ0n) is 8.25. The minimum Gasteiger partial charge on any atom is -0.373 e. The second-order valence-electron chi connectivity index (χ2n) is 3.68. The van der Waals surface area contributed by atoms with Crippen LogP contribution < -0.4 is 11.1 Å². The van der Waals surface area contributed by atoms with Crippen LogP contribution in [0, 0.1) is 0 Å². The third-order valence-electron chi connectivity index (χ3n) is 2.24. The summed E-state index contributed by atoms with van der Waals surface area (Å²) in [4.78, 5) is 11.1. The average Bonchev–Trinajstić information content (AvgIpc) is 2.47. The molecule has 1 aliphatic heterocycles. The van der Waals surface area contributed by atoms with E-state index in [2.05, 4.69) is 5.32 Å². The first-order chi connectivity index (χ1) is 6.09. The normalized spacial score (nSPS) is 30.1. The standard InChI is InChI=1S/C9H18N2O2/c1-6-3-4-8(13-6)5-11-9(12)7(2)10/h6-8H,3-5,10H2,1-2H3,(H,11,12). The van der Waals surface area contributed by atoms with E-state index in [-0.39, 0.29) is 12.0 Å². The van der Waals surface area contributed by atoms with Crippen molar-refractivity contribution in [3.8, 4) is 0 Å². The van der Waals surface area contributed by atoms with Gasteiger partial charge in [0.25, 0.3) is 0 Å². The van der Waals surface area contributed by atoms with Gasteiger partial charge in [-0.15, -0.1) is 0 Å². The van der Waals surface area contributed by atoms with Crippen molar-refractivity contribution in [2.24, 2.45) is 5.73 Å². The van der Waals surface area contributed by atoms with Gasteiger partial charge in [0, 0.05) is 6.54 Å². The van der Waals surface area contributed by atoms with Crippen molar-refractivity contribution in [2.45, 2.75) is 44.9 Å². The maximum Gasteiger partial charge on any atom is 0.236 e. The predicted molar refractivity (Wildman–Crippen MR) is 50.2 cm³/mol. The molecule has 1 aliphatic rings. The molecule has 76 valence electrons. The smallest absolute Gasteiger partial charge is 0.236 e. The third kappa shape index (κ3) is 3.32. The van der Waals surface area contributed by atoms with Gasteiger partial charge in [-0.1, -0.05) is 0 Å². The molecular formula is C9H18N2O2. The molecule has 0 radical (unpaired) electrons. The van der Waals surface area contributed by atoms with Crippen molar-refractivity contribution in [3.05, 3.63) is 0 Å². The van der Waals surface area contributed by atoms with Crippen molar-refractivity contribution in [3.63, 3.8) is 0 Å². The first kappa shape index (κ1) is 10.5. The Morgan fingerprint density at radius 2 is 2.38 bits per heavy atom. The number of amides is 1. The Kier molecular flexibility index (Phi) is 3.69. The molecule has 3 N–H and O–H groups in total. The summed E-state index contributed by atoms with van der Waals surface area (Å²) >= 11 is 0. The van der Waals surface area contributed by atoms with E-state index in [1.54, 1.807) is 6.92 Å². The number of hydrogen-bond donors (Lipinski definition) is 2. The summed E-state index contributed by atoms with van der Waals surface area (Å²) in [6.07, 6.45) is 2.62. The van der Waals surface area contributed by atoms with Gasteiger partial charge in [-0.3, -0.25) is 4.79 Å². The van der Waals surface area contributed by atoms with Crippen LogP contribution in [-0.4, -0.2) is 30.7 Å². The molecule has 0 aliphatic carbocycles. The van der Waals surface area contributed by atoms with Crippen LogP contribution in [0.5, 0.6) is 0 Å².